The van der Waals surface area contributed by atoms with Crippen molar-refractivity contribution in [1.29, 1.82) is 0 Å². The zero-order chi connectivity index (χ0) is 19.3. The lowest BCUT2D eigenvalue weighted by molar-refractivity contribution is 0.241. The molecule has 0 radical (unpaired) electrons. The minimum absolute atomic E-state index is 0.156. The molecule has 1 unspecified atom stereocenters. The maximum atomic E-state index is 12.9. The first-order valence-electron chi connectivity index (χ1n) is 9.42. The van der Waals surface area contributed by atoms with E-state index in [0.717, 1.165) is 19.5 Å². The van der Waals surface area contributed by atoms with Gasteiger partial charge in [0.2, 0.25) is 10.0 Å². The lowest BCUT2D eigenvalue weighted by Gasteiger charge is -2.28. The van der Waals surface area contributed by atoms with Gasteiger partial charge in [-0.1, -0.05) is 30.3 Å². The number of rotatable bonds is 8. The molecule has 27 heavy (non-hydrogen) atoms. The highest BCUT2D eigenvalue weighted by Gasteiger charge is 2.25. The van der Waals surface area contributed by atoms with Crippen molar-refractivity contribution in [2.45, 2.75) is 37.1 Å². The Morgan fingerprint density at radius 3 is 2.44 bits per heavy atom. The van der Waals surface area contributed by atoms with Crippen LogP contribution in [0, 0.1) is 6.92 Å². The number of hydrogen-bond acceptors (Lipinski definition) is 4. The summed E-state index contributed by atoms with van der Waals surface area (Å²) in [5, 5.41) is 0. The molecule has 1 fully saturated rings. The fraction of sp³-hybridized carbons (Fsp3) is 0.429. The Balaban J connectivity index is 1.73. The molecular formula is C21H28N2O3S. The highest BCUT2D eigenvalue weighted by Crippen LogP contribution is 2.21. The van der Waals surface area contributed by atoms with Gasteiger partial charge in [0, 0.05) is 12.6 Å². The first kappa shape index (κ1) is 19.9. The predicted molar refractivity (Wildman–Crippen MR) is 108 cm³/mol. The number of aryl methyl sites for hydroxylation is 1. The molecule has 5 nitrogen and oxygen atoms in total. The molecular weight excluding hydrogens is 360 g/mol. The van der Waals surface area contributed by atoms with E-state index in [-0.39, 0.29) is 6.04 Å². The second-order valence-corrected chi connectivity index (χ2v) is 8.81. The summed E-state index contributed by atoms with van der Waals surface area (Å²) < 4.78 is 33.7. The third-order valence-electron chi connectivity index (χ3n) is 5.15. The molecule has 1 N–H and O–H groups in total. The van der Waals surface area contributed by atoms with Crippen LogP contribution in [0.5, 0.6) is 5.75 Å². The van der Waals surface area contributed by atoms with Crippen LogP contribution in [0.1, 0.15) is 24.0 Å². The van der Waals surface area contributed by atoms with E-state index >= 15 is 0 Å². The van der Waals surface area contributed by atoms with Gasteiger partial charge in [-0.2, -0.15) is 0 Å². The van der Waals surface area contributed by atoms with Gasteiger partial charge in [-0.25, -0.2) is 13.1 Å². The second-order valence-electron chi connectivity index (χ2n) is 7.07. The molecule has 0 saturated carbocycles. The second kappa shape index (κ2) is 8.87. The molecule has 0 bridgehead atoms. The Morgan fingerprint density at radius 2 is 1.81 bits per heavy atom. The van der Waals surface area contributed by atoms with Crippen molar-refractivity contribution < 1.29 is 13.2 Å². The van der Waals surface area contributed by atoms with E-state index < -0.39 is 10.0 Å². The topological polar surface area (TPSA) is 58.6 Å². The number of ether oxygens (including phenoxy) is 1. The predicted octanol–water partition coefficient (Wildman–Crippen LogP) is 2.99. The molecule has 0 spiro atoms. The van der Waals surface area contributed by atoms with Gasteiger partial charge < -0.3 is 4.74 Å². The van der Waals surface area contributed by atoms with Gasteiger partial charge in [-0.15, -0.1) is 0 Å². The van der Waals surface area contributed by atoms with E-state index in [0.29, 0.717) is 22.8 Å². The van der Waals surface area contributed by atoms with Crippen LogP contribution in [0.2, 0.25) is 0 Å². The minimum atomic E-state index is -3.57. The van der Waals surface area contributed by atoms with E-state index in [9.17, 15) is 8.42 Å². The van der Waals surface area contributed by atoms with Gasteiger partial charge in [-0.3, -0.25) is 4.90 Å². The first-order chi connectivity index (χ1) is 13.0. The van der Waals surface area contributed by atoms with Gasteiger partial charge in [0.25, 0.3) is 0 Å². The molecule has 0 aromatic heterocycles. The van der Waals surface area contributed by atoms with E-state index in [1.165, 1.54) is 18.4 Å². The normalized spacial score (nSPS) is 16.4. The van der Waals surface area contributed by atoms with Gasteiger partial charge >= 0.3 is 0 Å². The van der Waals surface area contributed by atoms with Crippen molar-refractivity contribution in [1.82, 2.24) is 9.62 Å². The Morgan fingerprint density at radius 1 is 1.11 bits per heavy atom. The molecule has 2 aromatic rings. The number of methoxy groups -OCH3 is 1. The van der Waals surface area contributed by atoms with Crippen LogP contribution >= 0.6 is 0 Å². The van der Waals surface area contributed by atoms with Crippen LogP contribution in [-0.2, 0) is 16.4 Å². The van der Waals surface area contributed by atoms with Crippen molar-refractivity contribution >= 4 is 10.0 Å². The molecule has 3 rings (SSSR count). The van der Waals surface area contributed by atoms with Crippen LogP contribution in [0.15, 0.2) is 53.4 Å². The third kappa shape index (κ3) is 5.09. The van der Waals surface area contributed by atoms with Gasteiger partial charge in [0.1, 0.15) is 5.75 Å². The fourth-order valence-electron chi connectivity index (χ4n) is 3.66. The van der Waals surface area contributed by atoms with Gasteiger partial charge in [0.05, 0.1) is 12.0 Å². The van der Waals surface area contributed by atoms with Crippen molar-refractivity contribution in [2.24, 2.45) is 0 Å². The van der Waals surface area contributed by atoms with Gasteiger partial charge in [0.15, 0.2) is 0 Å². The number of likely N-dealkylation sites (tertiary alicyclic amines) is 1. The van der Waals surface area contributed by atoms with Crippen molar-refractivity contribution in [3.8, 4) is 5.75 Å². The maximum Gasteiger partial charge on any atom is 0.240 e. The van der Waals surface area contributed by atoms with Crippen LogP contribution in [0.4, 0.5) is 0 Å². The van der Waals surface area contributed by atoms with E-state index in [1.807, 2.05) is 18.2 Å². The zero-order valence-electron chi connectivity index (χ0n) is 16.0. The zero-order valence-corrected chi connectivity index (χ0v) is 16.8. The molecule has 146 valence electrons. The summed E-state index contributed by atoms with van der Waals surface area (Å²) in [6.45, 7) is 4.25. The Labute approximate surface area is 162 Å². The minimum Gasteiger partial charge on any atom is -0.497 e. The largest absolute Gasteiger partial charge is 0.497 e. The summed E-state index contributed by atoms with van der Waals surface area (Å²) in [7, 11) is -1.99. The molecule has 1 heterocycles. The van der Waals surface area contributed by atoms with Crippen molar-refractivity contribution in [3.63, 3.8) is 0 Å². The Kier molecular flexibility index (Phi) is 6.52. The molecule has 1 aliphatic heterocycles. The molecule has 1 atom stereocenters. The lowest BCUT2D eigenvalue weighted by atomic mass is 10.1. The van der Waals surface area contributed by atoms with E-state index in [2.05, 4.69) is 21.8 Å². The highest BCUT2D eigenvalue weighted by atomic mass is 32.2. The molecule has 2 aromatic carbocycles. The summed E-state index contributed by atoms with van der Waals surface area (Å²) in [6.07, 6.45) is 3.19. The summed E-state index contributed by atoms with van der Waals surface area (Å²) in [4.78, 5) is 2.71. The number of benzene rings is 2. The molecule has 0 aliphatic carbocycles. The number of hydrogen-bond donors (Lipinski definition) is 1. The summed E-state index contributed by atoms with van der Waals surface area (Å²) in [6, 6.07) is 15.5. The van der Waals surface area contributed by atoms with E-state index in [4.69, 9.17) is 4.74 Å². The number of nitrogens with zero attached hydrogens (tertiary/aromatic N) is 1. The average molecular weight is 389 g/mol. The average Bonchev–Trinajstić information content (AvgIpc) is 3.20. The first-order valence-corrected chi connectivity index (χ1v) is 10.9. The van der Waals surface area contributed by atoms with Crippen LogP contribution < -0.4 is 9.46 Å². The lowest BCUT2D eigenvalue weighted by Crippen LogP contribution is -2.44. The highest BCUT2D eigenvalue weighted by molar-refractivity contribution is 7.89. The molecule has 1 aliphatic rings. The standard InChI is InChI=1S/C21H28N2O3S/c1-17-14-20(26-2)10-11-21(17)27(24,25)22-16-19(23-12-6-7-13-23)15-18-8-4-3-5-9-18/h3-5,8-11,14,19,22H,6-7,12-13,15-16H2,1-2H3. The van der Waals surface area contributed by atoms with Crippen LogP contribution in [0.3, 0.4) is 0 Å². The van der Waals surface area contributed by atoms with Crippen molar-refractivity contribution in [2.75, 3.05) is 26.7 Å². The Bertz CT molecular complexity index is 847. The fourth-order valence-corrected chi connectivity index (χ4v) is 4.95. The quantitative estimate of drug-likeness (QED) is 0.755. The molecule has 0 amide bonds. The van der Waals surface area contributed by atoms with Crippen LogP contribution in [0.25, 0.3) is 0 Å². The SMILES string of the molecule is COc1ccc(S(=O)(=O)NCC(Cc2ccccc2)N2CCCC2)c(C)c1. The summed E-state index contributed by atoms with van der Waals surface area (Å²) in [5.74, 6) is 0.658. The smallest absolute Gasteiger partial charge is 0.240 e. The Hall–Kier alpha value is -1.89. The molecule has 1 saturated heterocycles. The van der Waals surface area contributed by atoms with Gasteiger partial charge in [-0.05, 0) is 68.6 Å². The number of sulfonamides is 1. The third-order valence-corrected chi connectivity index (χ3v) is 6.74. The molecule has 6 heteroatoms. The van der Waals surface area contributed by atoms with Crippen molar-refractivity contribution in [3.05, 3.63) is 59.7 Å². The number of nitrogens with one attached hydrogen (secondary N) is 1. The summed E-state index contributed by atoms with van der Waals surface area (Å²) >= 11 is 0. The van der Waals surface area contributed by atoms with Crippen LogP contribution in [-0.4, -0.2) is 46.1 Å². The van der Waals surface area contributed by atoms with E-state index in [1.54, 1.807) is 32.2 Å². The summed E-state index contributed by atoms with van der Waals surface area (Å²) in [5.41, 5.74) is 1.91. The monoisotopic (exact) mass is 388 g/mol. The maximum absolute atomic E-state index is 12.9.